The third kappa shape index (κ3) is 7.96. The molecule has 3 nitrogen and oxygen atoms in total. The maximum Gasteiger partial charge on any atom is 0.0549 e. The standard InChI is InChI=1S/C10H21NO2/c1-8(12)6-10(4-3-5-11)7-9(2)13/h4,8-9,12-13H,3,5-7,11H2,1-2H3. The van der Waals surface area contributed by atoms with Gasteiger partial charge in [0, 0.05) is 0 Å². The van der Waals surface area contributed by atoms with Gasteiger partial charge in [-0.3, -0.25) is 0 Å². The summed E-state index contributed by atoms with van der Waals surface area (Å²) in [4.78, 5) is 0. The minimum absolute atomic E-state index is 0.345. The maximum atomic E-state index is 9.18. The molecular weight excluding hydrogens is 166 g/mol. The Morgan fingerprint density at radius 1 is 1.23 bits per heavy atom. The SMILES string of the molecule is CC(O)CC(=CCCN)CC(C)O. The van der Waals surface area contributed by atoms with E-state index >= 15 is 0 Å². The van der Waals surface area contributed by atoms with E-state index in [1.54, 1.807) is 13.8 Å². The Morgan fingerprint density at radius 3 is 2.00 bits per heavy atom. The van der Waals surface area contributed by atoms with Gasteiger partial charge in [-0.2, -0.15) is 0 Å². The quantitative estimate of drug-likeness (QED) is 0.539. The third-order valence-electron chi connectivity index (χ3n) is 1.71. The van der Waals surface area contributed by atoms with Gasteiger partial charge in [-0.25, -0.2) is 0 Å². The highest BCUT2D eigenvalue weighted by Crippen LogP contribution is 2.13. The van der Waals surface area contributed by atoms with Crippen LogP contribution in [0.1, 0.15) is 33.1 Å². The predicted octanol–water partition coefficient (Wildman–Crippen LogP) is 0.803. The van der Waals surface area contributed by atoms with E-state index in [4.69, 9.17) is 5.73 Å². The molecule has 2 atom stereocenters. The van der Waals surface area contributed by atoms with Crippen molar-refractivity contribution in [2.75, 3.05) is 6.54 Å². The molecule has 13 heavy (non-hydrogen) atoms. The zero-order valence-electron chi connectivity index (χ0n) is 8.53. The van der Waals surface area contributed by atoms with Gasteiger partial charge in [0.2, 0.25) is 0 Å². The molecule has 0 saturated heterocycles. The van der Waals surface area contributed by atoms with Crippen molar-refractivity contribution in [1.29, 1.82) is 0 Å². The zero-order valence-corrected chi connectivity index (χ0v) is 8.53. The summed E-state index contributed by atoms with van der Waals surface area (Å²) < 4.78 is 0. The third-order valence-corrected chi connectivity index (χ3v) is 1.71. The highest BCUT2D eigenvalue weighted by Gasteiger charge is 2.05. The van der Waals surface area contributed by atoms with Crippen LogP contribution in [0.4, 0.5) is 0 Å². The van der Waals surface area contributed by atoms with Gasteiger partial charge < -0.3 is 15.9 Å². The fourth-order valence-corrected chi connectivity index (χ4v) is 1.30. The van der Waals surface area contributed by atoms with Crippen molar-refractivity contribution in [3.8, 4) is 0 Å². The first-order valence-electron chi connectivity index (χ1n) is 4.80. The first kappa shape index (κ1) is 12.6. The Hall–Kier alpha value is -0.380. The topological polar surface area (TPSA) is 66.5 Å². The van der Waals surface area contributed by atoms with Gasteiger partial charge in [0.25, 0.3) is 0 Å². The highest BCUT2D eigenvalue weighted by molar-refractivity contribution is 5.04. The molecule has 0 aromatic carbocycles. The van der Waals surface area contributed by atoms with Crippen molar-refractivity contribution in [3.05, 3.63) is 11.6 Å². The molecule has 0 fully saturated rings. The number of hydrogen-bond donors (Lipinski definition) is 3. The van der Waals surface area contributed by atoms with Crippen LogP contribution in [0.25, 0.3) is 0 Å². The number of hydrogen-bond acceptors (Lipinski definition) is 3. The van der Waals surface area contributed by atoms with Crippen LogP contribution >= 0.6 is 0 Å². The smallest absolute Gasteiger partial charge is 0.0549 e. The summed E-state index contributed by atoms with van der Waals surface area (Å²) in [5.74, 6) is 0. The van der Waals surface area contributed by atoms with Crippen LogP contribution in [0.5, 0.6) is 0 Å². The fourth-order valence-electron chi connectivity index (χ4n) is 1.30. The molecule has 0 spiro atoms. The first-order valence-corrected chi connectivity index (χ1v) is 4.80. The van der Waals surface area contributed by atoms with Gasteiger partial charge in [-0.15, -0.1) is 0 Å². The molecule has 0 amide bonds. The Morgan fingerprint density at radius 2 is 1.69 bits per heavy atom. The average molecular weight is 187 g/mol. The van der Waals surface area contributed by atoms with E-state index in [-0.39, 0.29) is 12.2 Å². The van der Waals surface area contributed by atoms with E-state index in [1.807, 2.05) is 6.08 Å². The average Bonchev–Trinajstić information content (AvgIpc) is 1.98. The molecule has 0 heterocycles. The summed E-state index contributed by atoms with van der Waals surface area (Å²) in [5.41, 5.74) is 6.46. The van der Waals surface area contributed by atoms with Crippen LogP contribution in [-0.2, 0) is 0 Å². The van der Waals surface area contributed by atoms with Crippen molar-refractivity contribution >= 4 is 0 Å². The van der Waals surface area contributed by atoms with Crippen molar-refractivity contribution in [1.82, 2.24) is 0 Å². The molecule has 0 saturated carbocycles. The molecule has 78 valence electrons. The fraction of sp³-hybridized carbons (Fsp3) is 0.800. The summed E-state index contributed by atoms with van der Waals surface area (Å²) in [6, 6.07) is 0. The van der Waals surface area contributed by atoms with Gasteiger partial charge in [0.15, 0.2) is 0 Å². The van der Waals surface area contributed by atoms with Crippen LogP contribution < -0.4 is 5.73 Å². The Labute approximate surface area is 80.3 Å². The second-order valence-corrected chi connectivity index (χ2v) is 3.55. The minimum Gasteiger partial charge on any atom is -0.393 e. The molecular formula is C10H21NO2. The zero-order chi connectivity index (χ0) is 10.3. The second-order valence-electron chi connectivity index (χ2n) is 3.55. The van der Waals surface area contributed by atoms with Crippen molar-refractivity contribution in [3.63, 3.8) is 0 Å². The van der Waals surface area contributed by atoms with Crippen molar-refractivity contribution in [2.45, 2.75) is 45.3 Å². The monoisotopic (exact) mass is 187 g/mol. The molecule has 0 bridgehead atoms. The number of aliphatic hydroxyl groups is 2. The number of aliphatic hydroxyl groups excluding tert-OH is 2. The van der Waals surface area contributed by atoms with Crippen molar-refractivity contribution < 1.29 is 10.2 Å². The first-order chi connectivity index (χ1) is 6.06. The van der Waals surface area contributed by atoms with Crippen LogP contribution in [0.15, 0.2) is 11.6 Å². The molecule has 0 radical (unpaired) electrons. The second kappa shape index (κ2) is 7.06. The summed E-state index contributed by atoms with van der Waals surface area (Å²) in [5, 5.41) is 18.4. The highest BCUT2D eigenvalue weighted by atomic mass is 16.3. The van der Waals surface area contributed by atoms with Crippen LogP contribution in [0, 0.1) is 0 Å². The number of nitrogens with two attached hydrogens (primary N) is 1. The molecule has 0 aromatic heterocycles. The van der Waals surface area contributed by atoms with E-state index in [0.29, 0.717) is 19.4 Å². The van der Waals surface area contributed by atoms with Gasteiger partial charge in [-0.05, 0) is 39.7 Å². The molecule has 3 heteroatoms. The Balaban J connectivity index is 4.02. The molecule has 4 N–H and O–H groups in total. The van der Waals surface area contributed by atoms with Gasteiger partial charge in [-0.1, -0.05) is 11.6 Å². The van der Waals surface area contributed by atoms with Crippen LogP contribution in [-0.4, -0.2) is 29.0 Å². The lowest BCUT2D eigenvalue weighted by Crippen LogP contribution is -2.08. The van der Waals surface area contributed by atoms with E-state index < -0.39 is 0 Å². The minimum atomic E-state index is -0.345. The van der Waals surface area contributed by atoms with E-state index in [2.05, 4.69) is 0 Å². The summed E-state index contributed by atoms with van der Waals surface area (Å²) >= 11 is 0. The molecule has 0 aliphatic carbocycles. The molecule has 2 unspecified atom stereocenters. The Kier molecular flexibility index (Phi) is 6.86. The lowest BCUT2D eigenvalue weighted by Gasteiger charge is -2.11. The molecule has 0 aliphatic rings. The Bertz CT molecular complexity index is 141. The molecule has 0 aromatic rings. The lowest BCUT2D eigenvalue weighted by atomic mass is 10.0. The molecule has 0 rings (SSSR count). The predicted molar refractivity (Wildman–Crippen MR) is 54.4 cm³/mol. The summed E-state index contributed by atoms with van der Waals surface area (Å²) in [6.45, 7) is 4.11. The summed E-state index contributed by atoms with van der Waals surface area (Å²) in [7, 11) is 0. The summed E-state index contributed by atoms with van der Waals surface area (Å²) in [6.07, 6.45) is 3.40. The van der Waals surface area contributed by atoms with Crippen LogP contribution in [0.3, 0.4) is 0 Å². The lowest BCUT2D eigenvalue weighted by molar-refractivity contribution is 0.175. The van der Waals surface area contributed by atoms with E-state index in [0.717, 1.165) is 12.0 Å². The van der Waals surface area contributed by atoms with E-state index in [1.165, 1.54) is 0 Å². The van der Waals surface area contributed by atoms with Crippen LogP contribution in [0.2, 0.25) is 0 Å². The van der Waals surface area contributed by atoms with Gasteiger partial charge in [0.05, 0.1) is 12.2 Å². The van der Waals surface area contributed by atoms with E-state index in [9.17, 15) is 10.2 Å². The maximum absolute atomic E-state index is 9.18. The number of rotatable bonds is 6. The van der Waals surface area contributed by atoms with Gasteiger partial charge >= 0.3 is 0 Å². The molecule has 0 aliphatic heterocycles. The normalized spacial score (nSPS) is 15.2. The van der Waals surface area contributed by atoms with Gasteiger partial charge in [0.1, 0.15) is 0 Å². The largest absolute Gasteiger partial charge is 0.393 e. The van der Waals surface area contributed by atoms with Crippen molar-refractivity contribution in [2.24, 2.45) is 5.73 Å².